The van der Waals surface area contributed by atoms with E-state index in [1.54, 1.807) is 12.1 Å². The van der Waals surface area contributed by atoms with Crippen LogP contribution in [0.25, 0.3) is 0 Å². The first-order chi connectivity index (χ1) is 15.3. The molecular weight excluding hydrogens is 640 g/mol. The molecule has 11 heteroatoms. The molecule has 2 heterocycles. The summed E-state index contributed by atoms with van der Waals surface area (Å²) < 4.78 is 13.2. The summed E-state index contributed by atoms with van der Waals surface area (Å²) in [4.78, 5) is 10.6. The topological polar surface area (TPSA) is 140 Å². The number of halogens is 2. The Labute approximate surface area is 210 Å². The van der Waals surface area contributed by atoms with E-state index in [-0.39, 0.29) is 18.2 Å². The second kappa shape index (κ2) is 8.94. The van der Waals surface area contributed by atoms with Crippen molar-refractivity contribution in [2.45, 2.75) is 19.4 Å². The maximum Gasteiger partial charge on any atom is 0.269 e. The highest BCUT2D eigenvalue weighted by Crippen LogP contribution is 2.44. The van der Waals surface area contributed by atoms with Gasteiger partial charge in [0.15, 0.2) is 0 Å². The standard InChI is InChI=1S/C21H15I2N5O4/c1-10-17-18(14(8-24)20(25)32-21(17)27-26-10)12-6-15(22)19(16(23)7-12)31-9-11-3-2-4-13(5-11)28(29)30/h2-7,18H,9,25H2,1H3,(H,26,27)/t18-/m0/s1. The molecule has 1 aromatic heterocycles. The lowest BCUT2D eigenvalue weighted by atomic mass is 9.84. The minimum Gasteiger partial charge on any atom is -0.487 e. The Kier molecular flexibility index (Phi) is 6.24. The van der Waals surface area contributed by atoms with E-state index in [2.05, 4.69) is 61.4 Å². The van der Waals surface area contributed by atoms with Gasteiger partial charge in [0.1, 0.15) is 24.0 Å². The molecule has 32 heavy (non-hydrogen) atoms. The van der Waals surface area contributed by atoms with Crippen LogP contribution >= 0.6 is 45.2 Å². The number of nitrogens with one attached hydrogen (secondary N) is 1. The zero-order valence-corrected chi connectivity index (χ0v) is 20.9. The predicted molar refractivity (Wildman–Crippen MR) is 132 cm³/mol. The predicted octanol–water partition coefficient (Wildman–Crippen LogP) is 4.63. The number of nitro groups is 1. The minimum atomic E-state index is -0.433. The Morgan fingerprint density at radius 1 is 1.34 bits per heavy atom. The fraction of sp³-hybridized carbons (Fsp3) is 0.143. The second-order valence-corrected chi connectivity index (χ2v) is 9.35. The third-order valence-electron chi connectivity index (χ3n) is 4.99. The van der Waals surface area contributed by atoms with Gasteiger partial charge in [0.25, 0.3) is 5.69 Å². The van der Waals surface area contributed by atoms with Gasteiger partial charge < -0.3 is 15.2 Å². The van der Waals surface area contributed by atoms with Crippen LogP contribution in [0, 0.1) is 35.5 Å². The summed E-state index contributed by atoms with van der Waals surface area (Å²) in [6, 6.07) is 12.4. The molecule has 1 aliphatic heterocycles. The number of fused-ring (bicyclic) bond motifs is 1. The van der Waals surface area contributed by atoms with Crippen LogP contribution in [0.1, 0.15) is 28.3 Å². The molecule has 0 saturated heterocycles. The summed E-state index contributed by atoms with van der Waals surface area (Å²) >= 11 is 4.35. The monoisotopic (exact) mass is 655 g/mol. The van der Waals surface area contributed by atoms with Gasteiger partial charge in [-0.2, -0.15) is 5.26 Å². The number of allylic oxidation sites excluding steroid dienone is 1. The maximum atomic E-state index is 11.0. The first-order valence-corrected chi connectivity index (χ1v) is 11.4. The first-order valence-electron chi connectivity index (χ1n) is 9.27. The molecule has 0 aliphatic carbocycles. The molecule has 0 radical (unpaired) electrons. The first kappa shape index (κ1) is 22.3. The van der Waals surface area contributed by atoms with Gasteiger partial charge in [-0.05, 0) is 75.4 Å². The van der Waals surface area contributed by atoms with Crippen LogP contribution in [0.4, 0.5) is 5.69 Å². The largest absolute Gasteiger partial charge is 0.487 e. The summed E-state index contributed by atoms with van der Waals surface area (Å²) in [7, 11) is 0. The molecule has 0 bridgehead atoms. The van der Waals surface area contributed by atoms with E-state index in [0.29, 0.717) is 22.8 Å². The van der Waals surface area contributed by atoms with Crippen LogP contribution in [0.5, 0.6) is 11.6 Å². The van der Waals surface area contributed by atoms with Crippen LogP contribution in [0.15, 0.2) is 47.9 Å². The molecule has 162 valence electrons. The number of rotatable bonds is 5. The van der Waals surface area contributed by atoms with E-state index in [0.717, 1.165) is 24.0 Å². The summed E-state index contributed by atoms with van der Waals surface area (Å²) in [6.07, 6.45) is 0. The highest BCUT2D eigenvalue weighted by Gasteiger charge is 2.34. The van der Waals surface area contributed by atoms with Gasteiger partial charge in [-0.15, -0.1) is 5.10 Å². The van der Waals surface area contributed by atoms with E-state index in [9.17, 15) is 15.4 Å². The lowest BCUT2D eigenvalue weighted by Crippen LogP contribution is -2.21. The van der Waals surface area contributed by atoms with Crippen molar-refractivity contribution in [3.05, 3.63) is 87.5 Å². The summed E-state index contributed by atoms with van der Waals surface area (Å²) in [6.45, 7) is 2.05. The number of non-ortho nitro benzene ring substituents is 1. The quantitative estimate of drug-likeness (QED) is 0.232. The minimum absolute atomic E-state index is 0.0186. The Hall–Kier alpha value is -2.86. The summed E-state index contributed by atoms with van der Waals surface area (Å²) in [5.41, 5.74) is 9.45. The van der Waals surface area contributed by atoms with Crippen LogP contribution in [-0.2, 0) is 6.61 Å². The van der Waals surface area contributed by atoms with Crippen LogP contribution < -0.4 is 15.2 Å². The number of aromatic nitrogens is 2. The van der Waals surface area contributed by atoms with Gasteiger partial charge >= 0.3 is 0 Å². The van der Waals surface area contributed by atoms with Crippen molar-refractivity contribution in [2.24, 2.45) is 5.73 Å². The number of nitro benzene ring substituents is 1. The molecule has 0 amide bonds. The van der Waals surface area contributed by atoms with Gasteiger partial charge in [0.2, 0.25) is 11.8 Å². The lowest BCUT2D eigenvalue weighted by molar-refractivity contribution is -0.384. The number of hydrogen-bond acceptors (Lipinski definition) is 7. The van der Waals surface area contributed by atoms with Crippen molar-refractivity contribution in [2.75, 3.05) is 0 Å². The highest BCUT2D eigenvalue weighted by atomic mass is 127. The number of H-pyrrole nitrogens is 1. The molecular formula is C21H15I2N5O4. The van der Waals surface area contributed by atoms with Crippen LogP contribution in [-0.4, -0.2) is 15.1 Å². The number of ether oxygens (including phenoxy) is 2. The molecule has 0 fully saturated rings. The maximum absolute atomic E-state index is 11.0. The Morgan fingerprint density at radius 3 is 2.72 bits per heavy atom. The highest BCUT2D eigenvalue weighted by molar-refractivity contribution is 14.1. The van der Waals surface area contributed by atoms with E-state index in [1.807, 2.05) is 19.1 Å². The average molecular weight is 655 g/mol. The summed E-state index contributed by atoms with van der Waals surface area (Å²) in [5.74, 6) is 0.635. The zero-order chi connectivity index (χ0) is 23.0. The fourth-order valence-electron chi connectivity index (χ4n) is 3.53. The SMILES string of the molecule is Cc1[nH]nc2c1[C@@H](c1cc(I)c(OCc3cccc([N+](=O)[O-])c3)c(I)c1)C(C#N)=C(N)O2. The van der Waals surface area contributed by atoms with Crippen molar-refractivity contribution in [3.8, 4) is 17.7 Å². The third-order valence-corrected chi connectivity index (χ3v) is 6.59. The molecule has 0 saturated carbocycles. The molecule has 1 atom stereocenters. The normalized spacial score (nSPS) is 15.0. The third kappa shape index (κ3) is 4.11. The van der Waals surface area contributed by atoms with Gasteiger partial charge in [-0.25, -0.2) is 0 Å². The van der Waals surface area contributed by atoms with E-state index in [1.165, 1.54) is 12.1 Å². The Morgan fingerprint density at radius 2 is 2.06 bits per heavy atom. The van der Waals surface area contributed by atoms with E-state index < -0.39 is 10.8 Å². The van der Waals surface area contributed by atoms with Gasteiger partial charge in [-0.3, -0.25) is 15.2 Å². The number of hydrogen-bond donors (Lipinski definition) is 2. The number of aromatic amines is 1. The number of benzene rings is 2. The molecule has 3 N–H and O–H groups in total. The molecule has 0 unspecified atom stereocenters. The molecule has 2 aromatic carbocycles. The van der Waals surface area contributed by atoms with E-state index >= 15 is 0 Å². The average Bonchev–Trinajstić information content (AvgIpc) is 3.12. The van der Waals surface area contributed by atoms with Crippen LogP contribution in [0.2, 0.25) is 0 Å². The molecule has 1 aliphatic rings. The molecule has 9 nitrogen and oxygen atoms in total. The number of nitrogens with two attached hydrogens (primary N) is 1. The molecule has 0 spiro atoms. The smallest absolute Gasteiger partial charge is 0.269 e. The zero-order valence-electron chi connectivity index (χ0n) is 16.6. The van der Waals surface area contributed by atoms with Crippen molar-refractivity contribution < 1.29 is 14.4 Å². The van der Waals surface area contributed by atoms with Gasteiger partial charge in [0.05, 0.1) is 18.0 Å². The summed E-state index contributed by atoms with van der Waals surface area (Å²) in [5, 5.41) is 27.8. The Bertz CT molecular complexity index is 1290. The van der Waals surface area contributed by atoms with Crippen molar-refractivity contribution in [1.29, 1.82) is 5.26 Å². The number of nitrogens with zero attached hydrogens (tertiary/aromatic N) is 3. The Balaban J connectivity index is 1.68. The van der Waals surface area contributed by atoms with Crippen molar-refractivity contribution in [1.82, 2.24) is 10.2 Å². The molecule has 4 rings (SSSR count). The lowest BCUT2D eigenvalue weighted by Gasteiger charge is -2.24. The van der Waals surface area contributed by atoms with Gasteiger partial charge in [-0.1, -0.05) is 12.1 Å². The van der Waals surface area contributed by atoms with Crippen molar-refractivity contribution >= 4 is 50.9 Å². The van der Waals surface area contributed by atoms with E-state index in [4.69, 9.17) is 15.2 Å². The fourth-order valence-corrected chi connectivity index (χ4v) is 5.66. The second-order valence-electron chi connectivity index (χ2n) is 7.02. The van der Waals surface area contributed by atoms with Crippen LogP contribution in [0.3, 0.4) is 0 Å². The number of nitriles is 1. The number of aryl methyl sites for hydroxylation is 1. The van der Waals surface area contributed by atoms with Crippen molar-refractivity contribution in [3.63, 3.8) is 0 Å². The van der Waals surface area contributed by atoms with Gasteiger partial charge in [0, 0.05) is 23.4 Å². The molecule has 3 aromatic rings.